The minimum Gasteiger partial charge on any atom is -0.378 e. The molecule has 0 bridgehead atoms. The molecule has 1 amide bonds. The smallest absolute Gasteiger partial charge is 0.378 e. The van der Waals surface area contributed by atoms with Gasteiger partial charge < -0.3 is 20.3 Å². The van der Waals surface area contributed by atoms with Gasteiger partial charge in [-0.15, -0.1) is 5.10 Å². The number of carbonyl (C=O) groups is 1. The molecule has 0 radical (unpaired) electrons. The van der Waals surface area contributed by atoms with Crippen LogP contribution in [0, 0.1) is 0 Å². The quantitative estimate of drug-likeness (QED) is 0.682. The molecule has 2 aromatic rings. The zero-order valence-corrected chi connectivity index (χ0v) is 15.7. The number of anilines is 2. The van der Waals surface area contributed by atoms with E-state index in [1.807, 2.05) is 6.07 Å². The number of benzene rings is 1. The van der Waals surface area contributed by atoms with E-state index in [2.05, 4.69) is 25.7 Å². The van der Waals surface area contributed by atoms with Crippen LogP contribution >= 0.6 is 0 Å². The van der Waals surface area contributed by atoms with E-state index in [0.717, 1.165) is 30.9 Å². The lowest BCUT2D eigenvalue weighted by molar-refractivity contribution is -0.137. The molecule has 0 saturated carbocycles. The third kappa shape index (κ3) is 6.31. The third-order valence-corrected chi connectivity index (χ3v) is 4.42. The second kappa shape index (κ2) is 9.55. The van der Waals surface area contributed by atoms with E-state index in [0.29, 0.717) is 37.7 Å². The Balaban J connectivity index is 1.40. The Morgan fingerprint density at radius 3 is 2.55 bits per heavy atom. The highest BCUT2D eigenvalue weighted by Gasteiger charge is 2.29. The molecular weight excluding hydrogens is 387 g/mol. The largest absolute Gasteiger partial charge is 0.416 e. The van der Waals surface area contributed by atoms with Crippen molar-refractivity contribution in [2.24, 2.45) is 0 Å². The van der Waals surface area contributed by atoms with Gasteiger partial charge >= 0.3 is 6.18 Å². The molecule has 1 aliphatic rings. The SMILES string of the molecule is O=C(Cc1ccc(C(F)(F)F)cc1)NCCNc1cc(N2CCOCC2)cnn1. The number of ether oxygens (including phenoxy) is 1. The molecule has 29 heavy (non-hydrogen) atoms. The maximum absolute atomic E-state index is 12.6. The first-order valence-electron chi connectivity index (χ1n) is 9.24. The number of hydrogen-bond acceptors (Lipinski definition) is 6. The molecule has 1 saturated heterocycles. The summed E-state index contributed by atoms with van der Waals surface area (Å²) in [4.78, 5) is 14.1. The van der Waals surface area contributed by atoms with Crippen LogP contribution in [-0.4, -0.2) is 55.5 Å². The van der Waals surface area contributed by atoms with E-state index < -0.39 is 11.7 Å². The Kier molecular flexibility index (Phi) is 6.86. The van der Waals surface area contributed by atoms with Gasteiger partial charge in [0, 0.05) is 32.2 Å². The summed E-state index contributed by atoms with van der Waals surface area (Å²) in [5.74, 6) is 0.339. The second-order valence-corrected chi connectivity index (χ2v) is 6.55. The van der Waals surface area contributed by atoms with Crippen molar-refractivity contribution in [2.45, 2.75) is 12.6 Å². The molecule has 7 nitrogen and oxygen atoms in total. The molecule has 2 N–H and O–H groups in total. The van der Waals surface area contributed by atoms with E-state index in [9.17, 15) is 18.0 Å². The summed E-state index contributed by atoms with van der Waals surface area (Å²) in [6.45, 7) is 3.74. The minimum atomic E-state index is -4.38. The molecule has 1 aromatic carbocycles. The van der Waals surface area contributed by atoms with Gasteiger partial charge in [-0.1, -0.05) is 12.1 Å². The average Bonchev–Trinajstić information content (AvgIpc) is 2.72. The molecule has 0 aliphatic carbocycles. The number of aromatic nitrogens is 2. The summed E-state index contributed by atoms with van der Waals surface area (Å²) in [5.41, 5.74) is 0.746. The summed E-state index contributed by atoms with van der Waals surface area (Å²) in [6.07, 6.45) is -2.67. The highest BCUT2D eigenvalue weighted by Crippen LogP contribution is 2.29. The topological polar surface area (TPSA) is 79.4 Å². The fourth-order valence-corrected chi connectivity index (χ4v) is 2.89. The molecule has 1 aromatic heterocycles. The molecule has 0 unspecified atom stereocenters. The van der Waals surface area contributed by atoms with Crippen molar-refractivity contribution in [3.63, 3.8) is 0 Å². The Hall–Kier alpha value is -2.88. The van der Waals surface area contributed by atoms with Gasteiger partial charge in [-0.3, -0.25) is 4.79 Å². The third-order valence-electron chi connectivity index (χ3n) is 4.42. The van der Waals surface area contributed by atoms with Crippen molar-refractivity contribution in [1.82, 2.24) is 15.5 Å². The van der Waals surface area contributed by atoms with Crippen LogP contribution in [0.4, 0.5) is 24.7 Å². The van der Waals surface area contributed by atoms with Crippen molar-refractivity contribution >= 4 is 17.4 Å². The number of rotatable bonds is 7. The fourth-order valence-electron chi connectivity index (χ4n) is 2.89. The predicted octanol–water partition coefficient (Wildman–Crippen LogP) is 2.10. The summed E-state index contributed by atoms with van der Waals surface area (Å²) < 4.78 is 43.0. The van der Waals surface area contributed by atoms with Crippen LogP contribution in [0.5, 0.6) is 0 Å². The molecule has 156 valence electrons. The first-order valence-corrected chi connectivity index (χ1v) is 9.24. The van der Waals surface area contributed by atoms with Crippen LogP contribution in [-0.2, 0) is 22.1 Å². The number of hydrogen-bond donors (Lipinski definition) is 2. The first-order chi connectivity index (χ1) is 13.9. The Morgan fingerprint density at radius 2 is 1.86 bits per heavy atom. The minimum absolute atomic E-state index is 0.0183. The van der Waals surface area contributed by atoms with Crippen LogP contribution in [0.25, 0.3) is 0 Å². The van der Waals surface area contributed by atoms with E-state index in [1.54, 1.807) is 6.20 Å². The number of nitrogens with zero attached hydrogens (tertiary/aromatic N) is 3. The van der Waals surface area contributed by atoms with E-state index in [-0.39, 0.29) is 12.3 Å². The number of amides is 1. The monoisotopic (exact) mass is 409 g/mol. The van der Waals surface area contributed by atoms with Gasteiger partial charge in [-0.25, -0.2) is 0 Å². The molecule has 3 rings (SSSR count). The molecule has 10 heteroatoms. The molecule has 0 spiro atoms. The number of halogens is 3. The van der Waals surface area contributed by atoms with Gasteiger partial charge in [0.2, 0.25) is 5.91 Å². The second-order valence-electron chi connectivity index (χ2n) is 6.55. The van der Waals surface area contributed by atoms with Crippen molar-refractivity contribution in [3.8, 4) is 0 Å². The van der Waals surface area contributed by atoms with Crippen molar-refractivity contribution in [1.29, 1.82) is 0 Å². The Morgan fingerprint density at radius 1 is 1.14 bits per heavy atom. The first kappa shape index (κ1) is 20.8. The molecule has 2 heterocycles. The highest BCUT2D eigenvalue weighted by molar-refractivity contribution is 5.78. The zero-order chi connectivity index (χ0) is 20.7. The van der Waals surface area contributed by atoms with E-state index in [4.69, 9.17) is 4.74 Å². The van der Waals surface area contributed by atoms with Gasteiger partial charge in [0.15, 0.2) is 5.82 Å². The maximum atomic E-state index is 12.6. The van der Waals surface area contributed by atoms with Crippen LogP contribution in [0.15, 0.2) is 36.5 Å². The van der Waals surface area contributed by atoms with Gasteiger partial charge in [0.05, 0.1) is 37.1 Å². The lowest BCUT2D eigenvalue weighted by atomic mass is 10.1. The van der Waals surface area contributed by atoms with Gasteiger partial charge in [0.1, 0.15) is 0 Å². The highest BCUT2D eigenvalue weighted by atomic mass is 19.4. The number of morpholine rings is 1. The van der Waals surface area contributed by atoms with Crippen molar-refractivity contribution in [2.75, 3.05) is 49.6 Å². The van der Waals surface area contributed by atoms with E-state index in [1.165, 1.54) is 12.1 Å². The number of alkyl halides is 3. The van der Waals surface area contributed by atoms with Crippen molar-refractivity contribution in [3.05, 3.63) is 47.7 Å². The van der Waals surface area contributed by atoms with Crippen molar-refractivity contribution < 1.29 is 22.7 Å². The van der Waals surface area contributed by atoms with Crippen LogP contribution in [0.1, 0.15) is 11.1 Å². The lowest BCUT2D eigenvalue weighted by Gasteiger charge is -2.28. The Labute approximate surface area is 166 Å². The normalized spacial score (nSPS) is 14.5. The van der Waals surface area contributed by atoms with Crippen LogP contribution in [0.3, 0.4) is 0 Å². The van der Waals surface area contributed by atoms with Crippen LogP contribution in [0.2, 0.25) is 0 Å². The standard InChI is InChI=1S/C19H22F3N5O2/c20-19(21,22)15-3-1-14(2-4-15)11-18(28)24-6-5-23-17-12-16(13-25-26-17)27-7-9-29-10-8-27/h1-4,12-13H,5-11H2,(H,23,26)(H,24,28). The molecular formula is C19H22F3N5O2. The summed E-state index contributed by atoms with van der Waals surface area (Å²) >= 11 is 0. The zero-order valence-electron chi connectivity index (χ0n) is 15.7. The summed E-state index contributed by atoms with van der Waals surface area (Å²) in [6, 6.07) is 6.47. The Bertz CT molecular complexity index is 808. The molecule has 0 atom stereocenters. The molecule has 1 fully saturated rings. The number of nitrogens with one attached hydrogen (secondary N) is 2. The lowest BCUT2D eigenvalue weighted by Crippen LogP contribution is -2.36. The summed E-state index contributed by atoms with van der Waals surface area (Å²) in [5, 5.41) is 13.8. The van der Waals surface area contributed by atoms with Gasteiger partial charge in [-0.05, 0) is 17.7 Å². The predicted molar refractivity (Wildman–Crippen MR) is 102 cm³/mol. The summed E-state index contributed by atoms with van der Waals surface area (Å²) in [7, 11) is 0. The maximum Gasteiger partial charge on any atom is 0.416 e. The number of carbonyl (C=O) groups excluding carboxylic acids is 1. The van der Waals surface area contributed by atoms with Gasteiger partial charge in [-0.2, -0.15) is 18.3 Å². The van der Waals surface area contributed by atoms with E-state index >= 15 is 0 Å². The average molecular weight is 409 g/mol. The van der Waals surface area contributed by atoms with Crippen LogP contribution < -0.4 is 15.5 Å². The molecule has 1 aliphatic heterocycles. The fraction of sp³-hybridized carbons (Fsp3) is 0.421. The van der Waals surface area contributed by atoms with Gasteiger partial charge in [0.25, 0.3) is 0 Å².